The topological polar surface area (TPSA) is 84.3 Å². The molecule has 0 atom stereocenters. The van der Waals surface area contributed by atoms with E-state index >= 15 is 0 Å². The van der Waals surface area contributed by atoms with E-state index in [0.29, 0.717) is 23.0 Å². The van der Waals surface area contributed by atoms with Gasteiger partial charge in [-0.1, -0.05) is 24.3 Å². The van der Waals surface area contributed by atoms with E-state index in [1.165, 1.54) is 18.7 Å². The number of nitrogens with one attached hydrogen (secondary N) is 1. The van der Waals surface area contributed by atoms with Gasteiger partial charge in [-0.05, 0) is 60.8 Å². The van der Waals surface area contributed by atoms with Crippen molar-refractivity contribution in [2.75, 3.05) is 12.4 Å². The van der Waals surface area contributed by atoms with Crippen molar-refractivity contribution in [3.05, 3.63) is 66.2 Å². The maximum Gasteiger partial charge on any atom is 0.303 e. The van der Waals surface area contributed by atoms with Crippen LogP contribution in [0.1, 0.15) is 43.6 Å². The molecule has 0 aliphatic heterocycles. The molecule has 6 nitrogen and oxygen atoms in total. The number of aliphatic carboxylic acids is 1. The Hall–Kier alpha value is -3.48. The van der Waals surface area contributed by atoms with Crippen molar-refractivity contribution in [1.29, 1.82) is 0 Å². The van der Waals surface area contributed by atoms with E-state index in [4.69, 9.17) is 9.84 Å². The summed E-state index contributed by atoms with van der Waals surface area (Å²) in [5, 5.41) is 11.9. The summed E-state index contributed by atoms with van der Waals surface area (Å²) in [6.45, 7) is 0. The molecule has 7 heteroatoms. The summed E-state index contributed by atoms with van der Waals surface area (Å²) in [6, 6.07) is 13.1. The molecule has 166 valence electrons. The number of hydrogen-bond donors (Lipinski definition) is 2. The number of nitrogens with zero attached hydrogens (tertiary/aromatic N) is 2. The molecule has 32 heavy (non-hydrogen) atoms. The summed E-state index contributed by atoms with van der Waals surface area (Å²) in [6.07, 6.45) is 7.39. The number of carbonyl (C=O) groups is 1. The number of hydrogen-bond acceptors (Lipinski definition) is 5. The van der Waals surface area contributed by atoms with Gasteiger partial charge in [0, 0.05) is 24.2 Å². The minimum Gasteiger partial charge on any atom is -0.481 e. The highest BCUT2D eigenvalue weighted by Crippen LogP contribution is 2.37. The van der Waals surface area contributed by atoms with Crippen LogP contribution in [0.2, 0.25) is 0 Å². The standard InChI is InChI=1S/C25H26FN3O3/c1-32-23-11-10-21(15-27-23)29-25-22(26)13-20(14-28-25)19-8-6-18(7-9-19)17-4-2-16(3-5-17)12-24(30)31/h6-11,13-17H,2-5,12H2,1H3,(H,28,29)(H,30,31). The van der Waals surface area contributed by atoms with Crippen LogP contribution >= 0.6 is 0 Å². The third-order valence-electron chi connectivity index (χ3n) is 6.07. The molecule has 2 N–H and O–H groups in total. The van der Waals surface area contributed by atoms with Crippen LogP contribution in [-0.2, 0) is 4.79 Å². The molecular weight excluding hydrogens is 409 g/mol. The van der Waals surface area contributed by atoms with Gasteiger partial charge < -0.3 is 15.2 Å². The Morgan fingerprint density at radius 2 is 1.81 bits per heavy atom. The second-order valence-electron chi connectivity index (χ2n) is 8.21. The van der Waals surface area contributed by atoms with Crippen LogP contribution < -0.4 is 10.1 Å². The summed E-state index contributed by atoms with van der Waals surface area (Å²) >= 11 is 0. The number of halogens is 1. The Balaban J connectivity index is 1.40. The van der Waals surface area contributed by atoms with E-state index in [9.17, 15) is 9.18 Å². The van der Waals surface area contributed by atoms with Crippen molar-refractivity contribution in [2.24, 2.45) is 5.92 Å². The molecule has 0 unspecified atom stereocenters. The van der Waals surface area contributed by atoms with E-state index in [2.05, 4.69) is 27.4 Å². The van der Waals surface area contributed by atoms with Crippen LogP contribution in [0.3, 0.4) is 0 Å². The third-order valence-corrected chi connectivity index (χ3v) is 6.07. The Kier molecular flexibility index (Phi) is 6.63. The lowest BCUT2D eigenvalue weighted by Gasteiger charge is -2.28. The second kappa shape index (κ2) is 9.77. The first-order valence-electron chi connectivity index (χ1n) is 10.8. The van der Waals surface area contributed by atoms with Gasteiger partial charge in [0.15, 0.2) is 11.6 Å². The zero-order valence-electron chi connectivity index (χ0n) is 17.9. The highest BCUT2D eigenvalue weighted by molar-refractivity contribution is 5.67. The van der Waals surface area contributed by atoms with Crippen LogP contribution in [0.4, 0.5) is 15.9 Å². The summed E-state index contributed by atoms with van der Waals surface area (Å²) < 4.78 is 19.7. The van der Waals surface area contributed by atoms with Crippen LogP contribution in [-0.4, -0.2) is 28.2 Å². The molecule has 4 rings (SSSR count). The highest BCUT2D eigenvalue weighted by Gasteiger charge is 2.24. The van der Waals surface area contributed by atoms with Crippen molar-refractivity contribution in [2.45, 2.75) is 38.0 Å². The van der Waals surface area contributed by atoms with Crippen molar-refractivity contribution in [1.82, 2.24) is 9.97 Å². The van der Waals surface area contributed by atoms with Crippen LogP contribution in [0, 0.1) is 11.7 Å². The number of carboxylic acid groups (broad SMARTS) is 1. The van der Waals surface area contributed by atoms with E-state index in [-0.39, 0.29) is 18.2 Å². The summed E-state index contributed by atoms with van der Waals surface area (Å²) in [4.78, 5) is 19.2. The first kappa shape index (κ1) is 21.7. The zero-order valence-corrected chi connectivity index (χ0v) is 17.9. The Labute approximate surface area is 186 Å². The van der Waals surface area contributed by atoms with Gasteiger partial charge in [0.2, 0.25) is 5.88 Å². The van der Waals surface area contributed by atoms with Gasteiger partial charge in [-0.15, -0.1) is 0 Å². The van der Waals surface area contributed by atoms with E-state index in [0.717, 1.165) is 31.2 Å². The number of methoxy groups -OCH3 is 1. The van der Waals surface area contributed by atoms with Gasteiger partial charge in [0.05, 0.1) is 19.0 Å². The molecule has 0 spiro atoms. The lowest BCUT2D eigenvalue weighted by molar-refractivity contribution is -0.138. The lowest BCUT2D eigenvalue weighted by Crippen LogP contribution is -2.16. The number of benzene rings is 1. The molecule has 0 bridgehead atoms. The molecule has 0 amide bonds. The van der Waals surface area contributed by atoms with Crippen molar-refractivity contribution < 1.29 is 19.0 Å². The predicted molar refractivity (Wildman–Crippen MR) is 121 cm³/mol. The normalized spacial score (nSPS) is 18.2. The van der Waals surface area contributed by atoms with Crippen molar-refractivity contribution in [3.8, 4) is 17.0 Å². The van der Waals surface area contributed by atoms with E-state index in [1.807, 2.05) is 12.1 Å². The van der Waals surface area contributed by atoms with E-state index < -0.39 is 11.8 Å². The van der Waals surface area contributed by atoms with Gasteiger partial charge >= 0.3 is 5.97 Å². The molecule has 1 aromatic carbocycles. The summed E-state index contributed by atoms with van der Waals surface area (Å²) in [5.41, 5.74) is 3.48. The molecule has 2 aromatic heterocycles. The average Bonchev–Trinajstić information content (AvgIpc) is 2.81. The molecule has 1 aliphatic rings. The van der Waals surface area contributed by atoms with Crippen molar-refractivity contribution in [3.63, 3.8) is 0 Å². The quantitative estimate of drug-likeness (QED) is 0.489. The monoisotopic (exact) mass is 435 g/mol. The molecule has 3 aromatic rings. The minimum absolute atomic E-state index is 0.135. The van der Waals surface area contributed by atoms with E-state index in [1.54, 1.807) is 24.5 Å². The van der Waals surface area contributed by atoms with Gasteiger partial charge in [0.1, 0.15) is 0 Å². The van der Waals surface area contributed by atoms with Crippen LogP contribution in [0.25, 0.3) is 11.1 Å². The third kappa shape index (κ3) is 5.22. The van der Waals surface area contributed by atoms with Crippen LogP contribution in [0.15, 0.2) is 54.9 Å². The number of carboxylic acids is 1. The minimum atomic E-state index is -0.708. The van der Waals surface area contributed by atoms with Crippen LogP contribution in [0.5, 0.6) is 5.88 Å². The first-order chi connectivity index (χ1) is 15.5. The number of pyridine rings is 2. The van der Waals surface area contributed by atoms with Gasteiger partial charge in [-0.3, -0.25) is 4.79 Å². The second-order valence-corrected chi connectivity index (χ2v) is 8.21. The van der Waals surface area contributed by atoms with Gasteiger partial charge in [0.25, 0.3) is 0 Å². The predicted octanol–water partition coefficient (Wildman–Crippen LogP) is 5.78. The fourth-order valence-corrected chi connectivity index (χ4v) is 4.29. The Bertz CT molecular complexity index is 1060. The lowest BCUT2D eigenvalue weighted by atomic mass is 9.77. The number of rotatable bonds is 7. The maximum atomic E-state index is 14.7. The molecule has 0 radical (unpaired) electrons. The average molecular weight is 435 g/mol. The largest absolute Gasteiger partial charge is 0.481 e. The Morgan fingerprint density at radius 1 is 1.06 bits per heavy atom. The Morgan fingerprint density at radius 3 is 2.41 bits per heavy atom. The van der Waals surface area contributed by atoms with Gasteiger partial charge in [-0.2, -0.15) is 0 Å². The smallest absolute Gasteiger partial charge is 0.303 e. The number of ether oxygens (including phenoxy) is 1. The molecule has 2 heterocycles. The highest BCUT2D eigenvalue weighted by atomic mass is 19.1. The fraction of sp³-hybridized carbons (Fsp3) is 0.320. The van der Waals surface area contributed by atoms with Gasteiger partial charge in [-0.25, -0.2) is 14.4 Å². The molecular formula is C25H26FN3O3. The van der Waals surface area contributed by atoms with Crippen molar-refractivity contribution >= 4 is 17.5 Å². The summed E-state index contributed by atoms with van der Waals surface area (Å²) in [7, 11) is 1.54. The molecule has 1 fully saturated rings. The molecule has 1 saturated carbocycles. The SMILES string of the molecule is COc1ccc(Nc2ncc(-c3ccc(C4CCC(CC(=O)O)CC4)cc3)cc2F)cn1. The maximum absolute atomic E-state index is 14.7. The zero-order chi connectivity index (χ0) is 22.5. The molecule has 1 aliphatic carbocycles. The number of anilines is 2. The summed E-state index contributed by atoms with van der Waals surface area (Å²) in [5.74, 6) is 0.206. The molecule has 0 saturated heterocycles. The first-order valence-corrected chi connectivity index (χ1v) is 10.8. The number of aromatic nitrogens is 2. The fourth-order valence-electron chi connectivity index (χ4n) is 4.29.